The third kappa shape index (κ3) is 5.72. The number of ketones is 1. The van der Waals surface area contributed by atoms with Crippen LogP contribution in [-0.2, 0) is 9.53 Å². The number of ether oxygens (including phenoxy) is 1. The Kier molecular flexibility index (Phi) is 6.68. The first kappa shape index (κ1) is 16.7. The van der Waals surface area contributed by atoms with Crippen molar-refractivity contribution in [2.24, 2.45) is 5.73 Å². The number of alkyl halides is 1. The van der Waals surface area contributed by atoms with E-state index in [4.69, 9.17) is 22.1 Å². The summed E-state index contributed by atoms with van der Waals surface area (Å²) < 4.78 is 4.83. The molecule has 110 valence electrons. The number of carbonyl (C=O) groups is 2. The molecule has 0 saturated carbocycles. The van der Waals surface area contributed by atoms with Gasteiger partial charge in [0.1, 0.15) is 6.61 Å². The molecule has 0 aromatic heterocycles. The van der Waals surface area contributed by atoms with Crippen molar-refractivity contribution >= 4 is 23.4 Å². The number of benzene rings is 1. The second-order valence-corrected chi connectivity index (χ2v) is 5.26. The Labute approximate surface area is 124 Å². The van der Waals surface area contributed by atoms with Gasteiger partial charge in [-0.2, -0.15) is 0 Å². The topological polar surface area (TPSA) is 69.4 Å². The molecule has 0 saturated heterocycles. The maximum absolute atomic E-state index is 12.1. The molecule has 0 aliphatic heterocycles. The summed E-state index contributed by atoms with van der Waals surface area (Å²) in [4.78, 5) is 23.5. The molecule has 0 radical (unpaired) electrons. The molecule has 1 rings (SSSR count). The summed E-state index contributed by atoms with van der Waals surface area (Å²) in [5.74, 6) is -0.233. The van der Waals surface area contributed by atoms with E-state index in [1.165, 1.54) is 0 Å². The molecule has 0 aliphatic carbocycles. The fourth-order valence-electron chi connectivity index (χ4n) is 1.99. The standard InChI is InChI=1S/C15H20ClNO3/c1-10-5-11(2)7-12(6-10)14(18)8-13(17)9-15(19)20-4-3-16/h5-7,13H,3-4,8-9,17H2,1-2H3. The zero-order valence-electron chi connectivity index (χ0n) is 11.8. The smallest absolute Gasteiger partial charge is 0.307 e. The summed E-state index contributed by atoms with van der Waals surface area (Å²) in [6.07, 6.45) is 0.145. The van der Waals surface area contributed by atoms with Crippen molar-refractivity contribution in [3.8, 4) is 0 Å². The van der Waals surface area contributed by atoms with Crippen molar-refractivity contribution in [3.63, 3.8) is 0 Å². The van der Waals surface area contributed by atoms with Crippen LogP contribution in [0.25, 0.3) is 0 Å². The van der Waals surface area contributed by atoms with Crippen LogP contribution in [0.15, 0.2) is 18.2 Å². The minimum atomic E-state index is -0.536. The van der Waals surface area contributed by atoms with Crippen LogP contribution in [0.4, 0.5) is 0 Å². The Morgan fingerprint density at radius 3 is 2.35 bits per heavy atom. The zero-order valence-corrected chi connectivity index (χ0v) is 12.6. The molecule has 5 heteroatoms. The van der Waals surface area contributed by atoms with Crippen LogP contribution in [0.2, 0.25) is 0 Å². The third-order valence-corrected chi connectivity index (χ3v) is 2.91. The highest BCUT2D eigenvalue weighted by Gasteiger charge is 2.16. The van der Waals surface area contributed by atoms with Gasteiger partial charge in [-0.1, -0.05) is 17.2 Å². The van der Waals surface area contributed by atoms with Crippen molar-refractivity contribution in [2.45, 2.75) is 32.7 Å². The minimum Gasteiger partial charge on any atom is -0.464 e. The van der Waals surface area contributed by atoms with Crippen LogP contribution in [-0.4, -0.2) is 30.3 Å². The quantitative estimate of drug-likeness (QED) is 0.476. The van der Waals surface area contributed by atoms with Crippen LogP contribution < -0.4 is 5.73 Å². The molecule has 20 heavy (non-hydrogen) atoms. The summed E-state index contributed by atoms with van der Waals surface area (Å²) >= 11 is 5.41. The van der Waals surface area contributed by atoms with E-state index in [9.17, 15) is 9.59 Å². The van der Waals surface area contributed by atoms with Gasteiger partial charge in [-0.25, -0.2) is 0 Å². The summed E-state index contributed by atoms with van der Waals surface area (Å²) in [6.45, 7) is 4.04. The predicted octanol–water partition coefficient (Wildman–Crippen LogP) is 2.38. The molecule has 0 spiro atoms. The van der Waals surface area contributed by atoms with Gasteiger partial charge in [0, 0.05) is 18.0 Å². The molecule has 1 aromatic rings. The first-order valence-electron chi connectivity index (χ1n) is 6.51. The first-order valence-corrected chi connectivity index (χ1v) is 7.04. The van der Waals surface area contributed by atoms with Gasteiger partial charge in [0.2, 0.25) is 0 Å². The average Bonchev–Trinajstić information content (AvgIpc) is 2.34. The van der Waals surface area contributed by atoms with Crippen molar-refractivity contribution in [1.82, 2.24) is 0 Å². The fourth-order valence-corrected chi connectivity index (χ4v) is 2.07. The number of Topliss-reactive ketones (excluding diaryl/α,β-unsaturated/α-hetero) is 1. The highest BCUT2D eigenvalue weighted by molar-refractivity contribution is 6.18. The number of halogens is 1. The number of nitrogens with two attached hydrogens (primary N) is 1. The molecule has 0 heterocycles. The van der Waals surface area contributed by atoms with E-state index in [0.717, 1.165) is 11.1 Å². The van der Waals surface area contributed by atoms with Gasteiger partial charge < -0.3 is 10.5 Å². The molecule has 0 amide bonds. The highest BCUT2D eigenvalue weighted by Crippen LogP contribution is 2.12. The average molecular weight is 298 g/mol. The van der Waals surface area contributed by atoms with Crippen LogP contribution in [0.3, 0.4) is 0 Å². The zero-order chi connectivity index (χ0) is 15.1. The number of rotatable bonds is 7. The molecule has 0 bridgehead atoms. The lowest BCUT2D eigenvalue weighted by Gasteiger charge is -2.11. The first-order chi connectivity index (χ1) is 9.42. The number of esters is 1. The van der Waals surface area contributed by atoms with Gasteiger partial charge in [-0.15, -0.1) is 11.6 Å². The monoisotopic (exact) mass is 297 g/mol. The number of hydrogen-bond acceptors (Lipinski definition) is 4. The second-order valence-electron chi connectivity index (χ2n) is 4.88. The summed E-state index contributed by atoms with van der Waals surface area (Å²) in [5.41, 5.74) is 8.50. The Hall–Kier alpha value is -1.39. The Balaban J connectivity index is 2.54. The summed E-state index contributed by atoms with van der Waals surface area (Å²) in [7, 11) is 0. The molecule has 1 unspecified atom stereocenters. The highest BCUT2D eigenvalue weighted by atomic mass is 35.5. The molecule has 4 nitrogen and oxygen atoms in total. The Morgan fingerprint density at radius 1 is 1.20 bits per heavy atom. The summed E-state index contributed by atoms with van der Waals surface area (Å²) in [5, 5.41) is 0. The molecular weight excluding hydrogens is 278 g/mol. The van der Waals surface area contributed by atoms with Gasteiger partial charge >= 0.3 is 5.97 Å². The minimum absolute atomic E-state index is 0.0213. The van der Waals surface area contributed by atoms with Crippen LogP contribution in [0.1, 0.15) is 34.3 Å². The molecule has 1 aromatic carbocycles. The van der Waals surface area contributed by atoms with Gasteiger partial charge in [0.15, 0.2) is 5.78 Å². The van der Waals surface area contributed by atoms with Gasteiger partial charge in [0.25, 0.3) is 0 Å². The third-order valence-electron chi connectivity index (χ3n) is 2.76. The Bertz CT molecular complexity index is 468. The molecule has 2 N–H and O–H groups in total. The van der Waals surface area contributed by atoms with Crippen LogP contribution in [0, 0.1) is 13.8 Å². The van der Waals surface area contributed by atoms with E-state index >= 15 is 0 Å². The van der Waals surface area contributed by atoms with Crippen LogP contribution in [0.5, 0.6) is 0 Å². The second kappa shape index (κ2) is 8.02. The van der Waals surface area contributed by atoms with Gasteiger partial charge in [-0.3, -0.25) is 9.59 Å². The summed E-state index contributed by atoms with van der Waals surface area (Å²) in [6, 6.07) is 5.12. The van der Waals surface area contributed by atoms with Crippen molar-refractivity contribution in [1.29, 1.82) is 0 Å². The van der Waals surface area contributed by atoms with E-state index in [1.807, 2.05) is 32.0 Å². The molecule has 1 atom stereocenters. The van der Waals surface area contributed by atoms with Crippen LogP contribution >= 0.6 is 11.6 Å². The van der Waals surface area contributed by atoms with Crippen molar-refractivity contribution < 1.29 is 14.3 Å². The van der Waals surface area contributed by atoms with Gasteiger partial charge in [-0.05, 0) is 26.0 Å². The fraction of sp³-hybridized carbons (Fsp3) is 0.467. The maximum Gasteiger partial charge on any atom is 0.307 e. The Morgan fingerprint density at radius 2 is 1.80 bits per heavy atom. The number of hydrogen-bond donors (Lipinski definition) is 1. The largest absolute Gasteiger partial charge is 0.464 e. The molecular formula is C15H20ClNO3. The van der Waals surface area contributed by atoms with Crippen molar-refractivity contribution in [2.75, 3.05) is 12.5 Å². The van der Waals surface area contributed by atoms with E-state index in [1.54, 1.807) is 0 Å². The van der Waals surface area contributed by atoms with E-state index in [0.29, 0.717) is 5.56 Å². The lowest BCUT2D eigenvalue weighted by atomic mass is 9.99. The molecule has 0 aliphatic rings. The van der Waals surface area contributed by atoms with E-state index in [-0.39, 0.29) is 31.1 Å². The molecule has 0 fully saturated rings. The SMILES string of the molecule is Cc1cc(C)cc(C(=O)CC(N)CC(=O)OCCCl)c1. The van der Waals surface area contributed by atoms with E-state index in [2.05, 4.69) is 0 Å². The van der Waals surface area contributed by atoms with E-state index < -0.39 is 12.0 Å². The normalized spacial score (nSPS) is 12.0. The van der Waals surface area contributed by atoms with Crippen molar-refractivity contribution in [3.05, 3.63) is 34.9 Å². The number of carbonyl (C=O) groups excluding carboxylic acids is 2. The lowest BCUT2D eigenvalue weighted by Crippen LogP contribution is -2.28. The van der Waals surface area contributed by atoms with Gasteiger partial charge in [0.05, 0.1) is 12.3 Å². The predicted molar refractivity (Wildman–Crippen MR) is 79.1 cm³/mol. The number of aryl methyl sites for hydroxylation is 2. The lowest BCUT2D eigenvalue weighted by molar-refractivity contribution is -0.143. The maximum atomic E-state index is 12.1.